The first-order valence-electron chi connectivity index (χ1n) is 24.3. The SMILES string of the molecule is COCCOCCOCCOCCOCCOCCOCCOCCOCCOCCOCCOCCNC(=O)C(Cc1ccc(OCC(=O)O)cc1)NC(=O)CCOCCOCCOCCOCCN. The Morgan fingerprint density at radius 1 is 0.465 bits per heavy atom. The summed E-state index contributed by atoms with van der Waals surface area (Å²) in [5.41, 5.74) is 6.09. The maximum Gasteiger partial charge on any atom is 0.341 e. The molecule has 24 nitrogen and oxygen atoms in total. The lowest BCUT2D eigenvalue weighted by Gasteiger charge is -2.19. The molecule has 414 valence electrons. The molecule has 71 heavy (non-hydrogen) atoms. The molecule has 1 aromatic rings. The molecule has 5 N–H and O–H groups in total. The van der Waals surface area contributed by atoms with E-state index in [-0.39, 0.29) is 38.5 Å². The number of carboxylic acids is 1. The molecule has 1 unspecified atom stereocenters. The van der Waals surface area contributed by atoms with E-state index in [4.69, 9.17) is 91.4 Å². The molecule has 1 aromatic carbocycles. The van der Waals surface area contributed by atoms with Crippen LogP contribution in [0.1, 0.15) is 12.0 Å². The molecule has 0 saturated heterocycles. The highest BCUT2D eigenvalue weighted by atomic mass is 16.6. The summed E-state index contributed by atoms with van der Waals surface area (Å²) < 4.78 is 92.0. The average Bonchev–Trinajstić information content (AvgIpc) is 3.37. The highest BCUT2D eigenvalue weighted by Gasteiger charge is 2.21. The van der Waals surface area contributed by atoms with Crippen LogP contribution in [-0.2, 0) is 96.6 Å². The van der Waals surface area contributed by atoms with Crippen LogP contribution in [0.2, 0.25) is 0 Å². The van der Waals surface area contributed by atoms with Crippen LogP contribution >= 0.6 is 0 Å². The van der Waals surface area contributed by atoms with Crippen LogP contribution in [0.15, 0.2) is 24.3 Å². The van der Waals surface area contributed by atoms with E-state index < -0.39 is 24.5 Å². The summed E-state index contributed by atoms with van der Waals surface area (Å²) in [7, 11) is 1.64. The number of nitrogens with two attached hydrogens (primary N) is 1. The zero-order valence-corrected chi connectivity index (χ0v) is 42.0. The van der Waals surface area contributed by atoms with Gasteiger partial charge in [-0.05, 0) is 17.7 Å². The molecule has 0 bridgehead atoms. The molecular formula is C47H85N3O21. The first-order chi connectivity index (χ1) is 35.0. The van der Waals surface area contributed by atoms with E-state index in [1.807, 2.05) is 0 Å². The van der Waals surface area contributed by atoms with Crippen molar-refractivity contribution in [2.45, 2.75) is 18.9 Å². The molecule has 24 heteroatoms. The standard InChI is InChI=1S/C47H85N3O21/c1-55-12-13-59-20-21-63-26-27-65-30-31-67-34-35-69-38-39-70-37-36-68-33-32-66-29-28-64-25-24-62-19-16-58-11-8-49-47(54)44(40-42-2-4-43(5-3-42)71-41-46(52)53)50-45(51)6-9-56-14-17-60-22-23-61-18-15-57-10-7-48/h2-5,44H,6-41,48H2,1H3,(H,49,54)(H,50,51)(H,52,53). The van der Waals surface area contributed by atoms with Gasteiger partial charge in [0.25, 0.3) is 0 Å². The number of carboxylic acid groups (broad SMARTS) is 1. The van der Waals surface area contributed by atoms with Crippen molar-refractivity contribution in [2.75, 3.05) is 232 Å². The zero-order chi connectivity index (χ0) is 51.2. The normalized spacial score (nSPS) is 11.8. The molecule has 0 fully saturated rings. The number of carbonyl (C=O) groups excluding carboxylic acids is 2. The Kier molecular flexibility index (Phi) is 49.1. The van der Waals surface area contributed by atoms with Crippen molar-refractivity contribution in [2.24, 2.45) is 5.73 Å². The predicted octanol–water partition coefficient (Wildman–Crippen LogP) is -0.462. The lowest BCUT2D eigenvalue weighted by molar-refractivity contribution is -0.139. The smallest absolute Gasteiger partial charge is 0.341 e. The fraction of sp³-hybridized carbons (Fsp3) is 0.809. The number of nitrogens with one attached hydrogen (secondary N) is 2. The molecule has 0 radical (unpaired) electrons. The number of benzene rings is 1. The van der Waals surface area contributed by atoms with Gasteiger partial charge in [-0.15, -0.1) is 0 Å². The van der Waals surface area contributed by atoms with E-state index in [9.17, 15) is 14.4 Å². The zero-order valence-electron chi connectivity index (χ0n) is 42.0. The van der Waals surface area contributed by atoms with Gasteiger partial charge >= 0.3 is 5.97 Å². The first kappa shape index (κ1) is 65.8. The number of methoxy groups -OCH3 is 1. The Labute approximate surface area is 419 Å². The second-order valence-electron chi connectivity index (χ2n) is 14.7. The number of amides is 2. The molecular weight excluding hydrogens is 943 g/mol. The number of aliphatic carboxylic acids is 1. The van der Waals surface area contributed by atoms with Gasteiger partial charge < -0.3 is 102 Å². The van der Waals surface area contributed by atoms with Crippen LogP contribution in [-0.4, -0.2) is 261 Å². The van der Waals surface area contributed by atoms with Crippen LogP contribution in [0.3, 0.4) is 0 Å². The molecule has 0 heterocycles. The van der Waals surface area contributed by atoms with Crippen molar-refractivity contribution >= 4 is 17.8 Å². The van der Waals surface area contributed by atoms with E-state index in [0.717, 1.165) is 5.56 Å². The van der Waals surface area contributed by atoms with Gasteiger partial charge in [-0.1, -0.05) is 12.1 Å². The molecule has 1 atom stereocenters. The second kappa shape index (κ2) is 53.1. The van der Waals surface area contributed by atoms with Crippen LogP contribution in [0.4, 0.5) is 0 Å². The van der Waals surface area contributed by atoms with Gasteiger partial charge in [0.2, 0.25) is 11.8 Å². The average molecular weight is 1030 g/mol. The van der Waals surface area contributed by atoms with Crippen molar-refractivity contribution in [1.29, 1.82) is 0 Å². The van der Waals surface area contributed by atoms with Gasteiger partial charge in [0.15, 0.2) is 6.61 Å². The summed E-state index contributed by atoms with van der Waals surface area (Å²) >= 11 is 0. The highest BCUT2D eigenvalue weighted by Crippen LogP contribution is 2.14. The Morgan fingerprint density at radius 2 is 0.789 bits per heavy atom. The third-order valence-corrected chi connectivity index (χ3v) is 8.93. The Morgan fingerprint density at radius 3 is 1.13 bits per heavy atom. The summed E-state index contributed by atoms with van der Waals surface area (Å²) in [6.45, 7) is 13.7. The molecule has 0 spiro atoms. The van der Waals surface area contributed by atoms with Crippen LogP contribution in [0.25, 0.3) is 0 Å². The molecule has 1 rings (SSSR count). The summed E-state index contributed by atoms with van der Waals surface area (Å²) in [4.78, 5) is 36.8. The van der Waals surface area contributed by atoms with Crippen molar-refractivity contribution < 1.29 is 100 Å². The maximum atomic E-state index is 13.2. The van der Waals surface area contributed by atoms with Gasteiger partial charge in [-0.3, -0.25) is 9.59 Å². The first-order valence-corrected chi connectivity index (χ1v) is 24.3. The lowest BCUT2D eigenvalue weighted by Crippen LogP contribution is -2.48. The van der Waals surface area contributed by atoms with E-state index in [1.165, 1.54) is 0 Å². The molecule has 0 aromatic heterocycles. The monoisotopic (exact) mass is 1030 g/mol. The molecule has 2 amide bonds. The number of rotatable bonds is 57. The minimum absolute atomic E-state index is 0.0361. The van der Waals surface area contributed by atoms with Crippen LogP contribution in [0.5, 0.6) is 5.75 Å². The van der Waals surface area contributed by atoms with E-state index in [2.05, 4.69) is 10.6 Å². The molecule has 0 aliphatic carbocycles. The van der Waals surface area contributed by atoms with Gasteiger partial charge in [0.1, 0.15) is 11.8 Å². The molecule has 0 saturated carbocycles. The highest BCUT2D eigenvalue weighted by molar-refractivity contribution is 5.87. The fourth-order valence-corrected chi connectivity index (χ4v) is 5.40. The van der Waals surface area contributed by atoms with Gasteiger partial charge in [-0.2, -0.15) is 0 Å². The Bertz CT molecular complexity index is 1330. The summed E-state index contributed by atoms with van der Waals surface area (Å²) in [6.07, 6.45) is 0.218. The van der Waals surface area contributed by atoms with E-state index in [1.54, 1.807) is 31.4 Å². The Hall–Kier alpha value is -3.25. The predicted molar refractivity (Wildman–Crippen MR) is 256 cm³/mol. The molecule has 0 aliphatic rings. The lowest BCUT2D eigenvalue weighted by atomic mass is 10.0. The number of ether oxygens (including phenoxy) is 17. The van der Waals surface area contributed by atoms with Crippen molar-refractivity contribution in [3.63, 3.8) is 0 Å². The number of carbonyl (C=O) groups is 3. The Balaban J connectivity index is 2.01. The summed E-state index contributed by atoms with van der Waals surface area (Å²) in [6, 6.07) is 5.73. The van der Waals surface area contributed by atoms with Gasteiger partial charge in [0, 0.05) is 33.0 Å². The van der Waals surface area contributed by atoms with Crippen molar-refractivity contribution in [3.05, 3.63) is 29.8 Å². The van der Waals surface area contributed by atoms with Crippen LogP contribution < -0.4 is 21.1 Å². The summed E-state index contributed by atoms with van der Waals surface area (Å²) in [5.74, 6) is -1.49. The topological polar surface area (TPSA) is 278 Å². The second-order valence-corrected chi connectivity index (χ2v) is 14.7. The number of hydrogen-bond acceptors (Lipinski definition) is 21. The third kappa shape index (κ3) is 47.5. The third-order valence-electron chi connectivity index (χ3n) is 8.93. The van der Waals surface area contributed by atoms with Crippen LogP contribution in [0, 0.1) is 0 Å². The number of hydrogen-bond donors (Lipinski definition) is 4. The quantitative estimate of drug-likeness (QED) is 0.0601. The fourth-order valence-electron chi connectivity index (χ4n) is 5.40. The van der Waals surface area contributed by atoms with E-state index in [0.29, 0.717) is 204 Å². The van der Waals surface area contributed by atoms with Gasteiger partial charge in [0.05, 0.1) is 205 Å². The van der Waals surface area contributed by atoms with Gasteiger partial charge in [-0.25, -0.2) is 4.79 Å². The summed E-state index contributed by atoms with van der Waals surface area (Å²) in [5, 5.41) is 14.5. The van der Waals surface area contributed by atoms with Crippen molar-refractivity contribution in [1.82, 2.24) is 10.6 Å². The van der Waals surface area contributed by atoms with E-state index >= 15 is 0 Å². The maximum absolute atomic E-state index is 13.2. The largest absolute Gasteiger partial charge is 0.482 e. The van der Waals surface area contributed by atoms with Crippen molar-refractivity contribution in [3.8, 4) is 5.75 Å². The molecule has 0 aliphatic heterocycles. The minimum Gasteiger partial charge on any atom is -0.482 e. The minimum atomic E-state index is -1.10.